The molecule has 2 nitrogen and oxygen atoms in total. The molecule has 0 saturated carbocycles. The lowest BCUT2D eigenvalue weighted by molar-refractivity contribution is 0.445. The Morgan fingerprint density at radius 2 is 1.77 bits per heavy atom. The Kier molecular flexibility index (Phi) is 2.89. The van der Waals surface area contributed by atoms with Gasteiger partial charge >= 0.3 is 6.41 Å². The van der Waals surface area contributed by atoms with Crippen LogP contribution in [0, 0.1) is 17.5 Å². The second-order valence-corrected chi connectivity index (χ2v) is 2.33. The van der Waals surface area contributed by atoms with Crippen LogP contribution in [0.2, 0.25) is 0 Å². The zero-order valence-corrected chi connectivity index (χ0v) is 6.40. The monoisotopic (exact) mass is 188 g/mol. The number of nitrogens with one attached hydrogen (secondary N) is 1. The Morgan fingerprint density at radius 3 is 2.23 bits per heavy atom. The van der Waals surface area contributed by atoms with Gasteiger partial charge in [-0.3, -0.25) is 4.79 Å². The lowest BCUT2D eigenvalue weighted by Gasteiger charge is -2.01. The van der Waals surface area contributed by atoms with Crippen molar-refractivity contribution >= 4 is 6.41 Å². The van der Waals surface area contributed by atoms with E-state index in [1.165, 1.54) is 6.41 Å². The van der Waals surface area contributed by atoms with Gasteiger partial charge < -0.3 is 5.32 Å². The first-order valence-electron chi connectivity index (χ1n) is 3.38. The molecule has 0 aromatic heterocycles. The average molecular weight is 188 g/mol. The second-order valence-electron chi connectivity index (χ2n) is 2.33. The molecular formula is C8H5F3NO. The Balaban J connectivity index is 2.92. The third-order valence-electron chi connectivity index (χ3n) is 1.41. The molecule has 0 aliphatic rings. The molecule has 0 fully saturated rings. The number of carbonyl (C=O) groups excluding carboxylic acids is 1. The SMILES string of the molecule is O=[C]NCc1cc(F)c(F)c(F)c1. The molecular weight excluding hydrogens is 183 g/mol. The predicted molar refractivity (Wildman–Crippen MR) is 38.8 cm³/mol. The summed E-state index contributed by atoms with van der Waals surface area (Å²) in [6, 6.07) is 1.62. The highest BCUT2D eigenvalue weighted by atomic mass is 19.2. The summed E-state index contributed by atoms with van der Waals surface area (Å²) in [6.07, 6.45) is 1.33. The maximum Gasteiger partial charge on any atom is 0.309 e. The highest BCUT2D eigenvalue weighted by Crippen LogP contribution is 2.13. The molecule has 1 amide bonds. The molecule has 0 unspecified atom stereocenters. The first-order valence-corrected chi connectivity index (χ1v) is 3.38. The molecule has 1 aromatic carbocycles. The third-order valence-corrected chi connectivity index (χ3v) is 1.41. The van der Waals surface area contributed by atoms with Crippen molar-refractivity contribution in [1.29, 1.82) is 0 Å². The fourth-order valence-electron chi connectivity index (χ4n) is 0.848. The van der Waals surface area contributed by atoms with Gasteiger partial charge in [0.15, 0.2) is 17.5 Å². The highest BCUT2D eigenvalue weighted by molar-refractivity contribution is 5.47. The van der Waals surface area contributed by atoms with Gasteiger partial charge in [0, 0.05) is 6.54 Å². The molecule has 0 atom stereocenters. The molecule has 0 bridgehead atoms. The summed E-state index contributed by atoms with van der Waals surface area (Å²) in [6.45, 7) is -0.0857. The molecule has 0 aliphatic heterocycles. The first kappa shape index (κ1) is 9.57. The Morgan fingerprint density at radius 1 is 1.23 bits per heavy atom. The van der Waals surface area contributed by atoms with E-state index in [9.17, 15) is 18.0 Å². The number of hydrogen-bond acceptors (Lipinski definition) is 1. The lowest BCUT2D eigenvalue weighted by atomic mass is 10.2. The normalized spacial score (nSPS) is 9.77. The average Bonchev–Trinajstić information content (AvgIpc) is 2.10. The van der Waals surface area contributed by atoms with E-state index >= 15 is 0 Å². The topological polar surface area (TPSA) is 29.1 Å². The van der Waals surface area contributed by atoms with E-state index in [0.29, 0.717) is 0 Å². The van der Waals surface area contributed by atoms with Crippen LogP contribution in [-0.2, 0) is 11.3 Å². The van der Waals surface area contributed by atoms with E-state index in [4.69, 9.17) is 0 Å². The van der Waals surface area contributed by atoms with Crippen LogP contribution in [0.25, 0.3) is 0 Å². The van der Waals surface area contributed by atoms with E-state index in [1.54, 1.807) is 0 Å². The standard InChI is InChI=1S/C8H5F3NO/c9-6-1-5(3-12-4-13)2-7(10)8(6)11/h1-2H,3H2,(H,12,13). The summed E-state index contributed by atoms with van der Waals surface area (Å²) in [4.78, 5) is 9.72. The first-order chi connectivity index (χ1) is 6.15. The van der Waals surface area contributed by atoms with E-state index in [0.717, 1.165) is 12.1 Å². The Hall–Kier alpha value is -1.52. The molecule has 1 radical (unpaired) electrons. The van der Waals surface area contributed by atoms with Gasteiger partial charge in [0.05, 0.1) is 0 Å². The molecule has 1 aromatic rings. The van der Waals surface area contributed by atoms with Crippen molar-refractivity contribution in [2.75, 3.05) is 0 Å². The smallest absolute Gasteiger partial charge is 0.309 e. The molecule has 69 valence electrons. The van der Waals surface area contributed by atoms with Crippen LogP contribution in [0.5, 0.6) is 0 Å². The minimum absolute atomic E-state index is 0.0857. The van der Waals surface area contributed by atoms with Gasteiger partial charge in [-0.25, -0.2) is 13.2 Å². The third kappa shape index (κ3) is 2.21. The number of hydrogen-bond donors (Lipinski definition) is 1. The largest absolute Gasteiger partial charge is 0.344 e. The number of amides is 1. The van der Waals surface area contributed by atoms with Gasteiger partial charge in [0.2, 0.25) is 0 Å². The summed E-state index contributed by atoms with van der Waals surface area (Å²) in [5.74, 6) is -4.07. The van der Waals surface area contributed by atoms with E-state index in [2.05, 4.69) is 5.32 Å². The van der Waals surface area contributed by atoms with E-state index in [-0.39, 0.29) is 12.1 Å². The number of halogens is 3. The second kappa shape index (κ2) is 3.93. The summed E-state index contributed by atoms with van der Waals surface area (Å²) >= 11 is 0. The Labute approximate surface area is 72.4 Å². The maximum atomic E-state index is 12.5. The van der Waals surface area contributed by atoms with Gasteiger partial charge in [-0.2, -0.15) is 0 Å². The van der Waals surface area contributed by atoms with Crippen LogP contribution in [0.1, 0.15) is 5.56 Å². The maximum absolute atomic E-state index is 12.5. The van der Waals surface area contributed by atoms with Gasteiger partial charge in [0.25, 0.3) is 0 Å². The van der Waals surface area contributed by atoms with Gasteiger partial charge in [-0.1, -0.05) is 0 Å². The quantitative estimate of drug-likeness (QED) is 0.561. The Bertz CT molecular complexity index is 304. The van der Waals surface area contributed by atoms with Crippen molar-refractivity contribution in [1.82, 2.24) is 5.32 Å². The molecule has 1 rings (SSSR count). The lowest BCUT2D eigenvalue weighted by Crippen LogP contribution is -2.10. The van der Waals surface area contributed by atoms with Crippen molar-refractivity contribution in [3.63, 3.8) is 0 Å². The van der Waals surface area contributed by atoms with Crippen molar-refractivity contribution in [2.24, 2.45) is 0 Å². The van der Waals surface area contributed by atoms with E-state index < -0.39 is 17.5 Å². The summed E-state index contributed by atoms with van der Waals surface area (Å²) in [5.41, 5.74) is 0.139. The van der Waals surface area contributed by atoms with Crippen LogP contribution in [0.15, 0.2) is 12.1 Å². The molecule has 1 N–H and O–H groups in total. The fraction of sp³-hybridized carbons (Fsp3) is 0.125. The molecule has 0 heterocycles. The summed E-state index contributed by atoms with van der Waals surface area (Å²) in [7, 11) is 0. The van der Waals surface area contributed by atoms with Gasteiger partial charge in [-0.05, 0) is 17.7 Å². The zero-order chi connectivity index (χ0) is 9.84. The molecule has 5 heteroatoms. The van der Waals surface area contributed by atoms with Crippen molar-refractivity contribution < 1.29 is 18.0 Å². The van der Waals surface area contributed by atoms with Crippen LogP contribution < -0.4 is 5.32 Å². The highest BCUT2D eigenvalue weighted by Gasteiger charge is 2.09. The van der Waals surface area contributed by atoms with E-state index in [1.807, 2.05) is 0 Å². The summed E-state index contributed by atoms with van der Waals surface area (Å²) < 4.78 is 37.4. The van der Waals surface area contributed by atoms with Crippen LogP contribution in [0.4, 0.5) is 13.2 Å². The molecule has 0 aliphatic carbocycles. The number of rotatable bonds is 3. The van der Waals surface area contributed by atoms with Crippen molar-refractivity contribution in [3.8, 4) is 0 Å². The van der Waals surface area contributed by atoms with Crippen LogP contribution in [0.3, 0.4) is 0 Å². The minimum Gasteiger partial charge on any atom is -0.344 e. The van der Waals surface area contributed by atoms with Crippen LogP contribution in [-0.4, -0.2) is 6.41 Å². The van der Waals surface area contributed by atoms with Gasteiger partial charge in [0.1, 0.15) is 0 Å². The molecule has 13 heavy (non-hydrogen) atoms. The molecule has 0 saturated heterocycles. The van der Waals surface area contributed by atoms with Crippen molar-refractivity contribution in [2.45, 2.75) is 6.54 Å². The summed E-state index contributed by atoms with van der Waals surface area (Å²) in [5, 5.41) is 2.08. The fourth-order valence-corrected chi connectivity index (χ4v) is 0.848. The minimum atomic E-state index is -1.51. The predicted octanol–water partition coefficient (Wildman–Crippen LogP) is 1.26. The molecule has 0 spiro atoms. The zero-order valence-electron chi connectivity index (χ0n) is 6.40. The van der Waals surface area contributed by atoms with Gasteiger partial charge in [-0.15, -0.1) is 0 Å². The van der Waals surface area contributed by atoms with Crippen LogP contribution >= 0.6 is 0 Å². The number of benzene rings is 1. The van der Waals surface area contributed by atoms with Crippen molar-refractivity contribution in [3.05, 3.63) is 35.1 Å².